The van der Waals surface area contributed by atoms with Gasteiger partial charge in [-0.05, 0) is 23.7 Å². The van der Waals surface area contributed by atoms with E-state index >= 15 is 0 Å². The lowest BCUT2D eigenvalue weighted by Gasteiger charge is -2.14. The molecule has 2 aliphatic carbocycles. The van der Waals surface area contributed by atoms with Crippen LogP contribution in [0, 0.1) is 23.2 Å². The average molecular weight is 152 g/mol. The third-order valence-electron chi connectivity index (χ3n) is 3.94. The van der Waals surface area contributed by atoms with Gasteiger partial charge in [0.1, 0.15) is 5.78 Å². The zero-order chi connectivity index (χ0) is 8.22. The number of rotatable bonds is 1. The van der Waals surface area contributed by atoms with Gasteiger partial charge in [-0.2, -0.15) is 0 Å². The number of hydrogen-bond acceptors (Lipinski definition) is 1. The maximum atomic E-state index is 11.3. The van der Waals surface area contributed by atoms with Crippen LogP contribution in [0.25, 0.3) is 0 Å². The Morgan fingerprint density at radius 1 is 1.55 bits per heavy atom. The molecule has 2 aliphatic rings. The van der Waals surface area contributed by atoms with Crippen LogP contribution in [0.4, 0.5) is 0 Å². The van der Waals surface area contributed by atoms with Crippen LogP contribution in [-0.4, -0.2) is 5.78 Å². The van der Waals surface area contributed by atoms with Crippen LogP contribution in [0.3, 0.4) is 0 Å². The second-order valence-corrected chi connectivity index (χ2v) is 4.63. The van der Waals surface area contributed by atoms with Gasteiger partial charge in [-0.25, -0.2) is 0 Å². The molecule has 11 heavy (non-hydrogen) atoms. The lowest BCUT2D eigenvalue weighted by Crippen LogP contribution is -2.10. The third-order valence-corrected chi connectivity index (χ3v) is 3.94. The second kappa shape index (κ2) is 1.88. The third kappa shape index (κ3) is 0.743. The van der Waals surface area contributed by atoms with Crippen molar-refractivity contribution >= 4 is 5.78 Å². The first-order valence-electron chi connectivity index (χ1n) is 4.60. The fourth-order valence-corrected chi connectivity index (χ4v) is 2.81. The van der Waals surface area contributed by atoms with Crippen molar-refractivity contribution in [2.45, 2.75) is 33.6 Å². The predicted octanol–water partition coefficient (Wildman–Crippen LogP) is 2.26. The van der Waals surface area contributed by atoms with E-state index in [1.54, 1.807) is 0 Å². The van der Waals surface area contributed by atoms with E-state index in [9.17, 15) is 4.79 Å². The highest BCUT2D eigenvalue weighted by Crippen LogP contribution is 2.68. The molecule has 0 radical (unpaired) electrons. The summed E-state index contributed by atoms with van der Waals surface area (Å²) in [5.74, 6) is 2.34. The van der Waals surface area contributed by atoms with E-state index in [0.29, 0.717) is 23.0 Å². The van der Waals surface area contributed by atoms with E-state index in [2.05, 4.69) is 20.8 Å². The summed E-state index contributed by atoms with van der Waals surface area (Å²) in [6.07, 6.45) is 2.19. The first-order valence-corrected chi connectivity index (χ1v) is 4.60. The van der Waals surface area contributed by atoms with E-state index in [-0.39, 0.29) is 0 Å². The molecular weight excluding hydrogens is 136 g/mol. The minimum Gasteiger partial charge on any atom is -0.299 e. The van der Waals surface area contributed by atoms with Gasteiger partial charge in [0.25, 0.3) is 0 Å². The summed E-state index contributed by atoms with van der Waals surface area (Å²) in [6.45, 7) is 6.61. The molecule has 0 heterocycles. The van der Waals surface area contributed by atoms with E-state index in [4.69, 9.17) is 0 Å². The van der Waals surface area contributed by atoms with Gasteiger partial charge in [0.15, 0.2) is 0 Å². The molecule has 2 rings (SSSR count). The Balaban J connectivity index is 2.20. The van der Waals surface area contributed by atoms with Gasteiger partial charge in [-0.3, -0.25) is 4.79 Å². The van der Waals surface area contributed by atoms with Crippen molar-refractivity contribution in [3.63, 3.8) is 0 Å². The number of fused-ring (bicyclic) bond motifs is 1. The average Bonchev–Trinajstić information content (AvgIpc) is 2.57. The van der Waals surface area contributed by atoms with Crippen molar-refractivity contribution in [1.29, 1.82) is 0 Å². The van der Waals surface area contributed by atoms with Crippen molar-refractivity contribution < 1.29 is 4.79 Å². The molecule has 0 spiro atoms. The Morgan fingerprint density at radius 3 is 2.45 bits per heavy atom. The van der Waals surface area contributed by atoms with Gasteiger partial charge in [0.2, 0.25) is 0 Å². The standard InChI is InChI=1S/C10H16O/c1-6(2)10-4-8(10)7(3)9(11)5-10/h6-8H,4-5H2,1-3H3/t7-,8?,10?/m1/s1. The van der Waals surface area contributed by atoms with Crippen molar-refractivity contribution in [2.24, 2.45) is 23.2 Å². The lowest BCUT2D eigenvalue weighted by molar-refractivity contribution is -0.121. The Kier molecular flexibility index (Phi) is 1.25. The maximum Gasteiger partial charge on any atom is 0.136 e. The molecule has 0 aromatic carbocycles. The van der Waals surface area contributed by atoms with Crippen LogP contribution >= 0.6 is 0 Å². The highest BCUT2D eigenvalue weighted by atomic mass is 16.1. The highest BCUT2D eigenvalue weighted by molar-refractivity contribution is 5.86. The quantitative estimate of drug-likeness (QED) is 0.563. The number of ketones is 1. The van der Waals surface area contributed by atoms with Crippen LogP contribution in [0.15, 0.2) is 0 Å². The number of carbonyl (C=O) groups excluding carboxylic acids is 1. The molecule has 1 heteroatoms. The first kappa shape index (κ1) is 7.33. The van der Waals surface area contributed by atoms with Gasteiger partial charge in [-0.1, -0.05) is 20.8 Å². The molecule has 0 aromatic heterocycles. The van der Waals surface area contributed by atoms with Crippen molar-refractivity contribution in [2.75, 3.05) is 0 Å². The molecule has 0 aliphatic heterocycles. The molecule has 0 saturated heterocycles. The Morgan fingerprint density at radius 2 is 2.18 bits per heavy atom. The normalized spacial score (nSPS) is 48.2. The van der Waals surface area contributed by atoms with Crippen LogP contribution in [0.2, 0.25) is 0 Å². The van der Waals surface area contributed by atoms with E-state index in [1.807, 2.05) is 0 Å². The van der Waals surface area contributed by atoms with E-state index in [0.717, 1.165) is 12.3 Å². The fraction of sp³-hybridized carbons (Fsp3) is 0.900. The van der Waals surface area contributed by atoms with Gasteiger partial charge in [0.05, 0.1) is 0 Å². The SMILES string of the molecule is CC(C)C12CC(=O)[C@H](C)C1C2. The largest absolute Gasteiger partial charge is 0.299 e. The topological polar surface area (TPSA) is 17.1 Å². The van der Waals surface area contributed by atoms with Crippen LogP contribution < -0.4 is 0 Å². The number of hydrogen-bond donors (Lipinski definition) is 0. The Labute approximate surface area is 68.2 Å². The number of carbonyl (C=O) groups is 1. The van der Waals surface area contributed by atoms with Gasteiger partial charge in [0, 0.05) is 12.3 Å². The smallest absolute Gasteiger partial charge is 0.136 e. The summed E-state index contributed by atoms with van der Waals surface area (Å²) in [4.78, 5) is 11.3. The predicted molar refractivity (Wildman–Crippen MR) is 44.2 cm³/mol. The summed E-state index contributed by atoms with van der Waals surface area (Å²) in [7, 11) is 0. The van der Waals surface area contributed by atoms with Crippen molar-refractivity contribution in [1.82, 2.24) is 0 Å². The van der Waals surface area contributed by atoms with E-state index in [1.165, 1.54) is 6.42 Å². The molecule has 2 unspecified atom stereocenters. The monoisotopic (exact) mass is 152 g/mol. The van der Waals surface area contributed by atoms with Crippen LogP contribution in [-0.2, 0) is 4.79 Å². The molecule has 2 fully saturated rings. The van der Waals surface area contributed by atoms with Crippen LogP contribution in [0.1, 0.15) is 33.6 Å². The molecule has 0 amide bonds. The lowest BCUT2D eigenvalue weighted by atomic mass is 9.90. The Hall–Kier alpha value is -0.330. The molecular formula is C10H16O. The molecule has 0 bridgehead atoms. The molecule has 62 valence electrons. The fourth-order valence-electron chi connectivity index (χ4n) is 2.81. The van der Waals surface area contributed by atoms with Crippen LogP contribution in [0.5, 0.6) is 0 Å². The van der Waals surface area contributed by atoms with Gasteiger partial charge in [-0.15, -0.1) is 0 Å². The van der Waals surface area contributed by atoms with Crippen molar-refractivity contribution in [3.05, 3.63) is 0 Å². The van der Waals surface area contributed by atoms with Crippen molar-refractivity contribution in [3.8, 4) is 0 Å². The second-order valence-electron chi connectivity index (χ2n) is 4.63. The molecule has 1 nitrogen and oxygen atoms in total. The number of Topliss-reactive ketones (excluding diaryl/α,β-unsaturated/α-hetero) is 1. The minimum absolute atomic E-state index is 0.373. The van der Waals surface area contributed by atoms with Gasteiger partial charge < -0.3 is 0 Å². The maximum absolute atomic E-state index is 11.3. The summed E-state index contributed by atoms with van der Waals surface area (Å²) in [6, 6.07) is 0. The van der Waals surface area contributed by atoms with E-state index < -0.39 is 0 Å². The zero-order valence-electron chi connectivity index (χ0n) is 7.55. The summed E-state index contributed by atoms with van der Waals surface area (Å²) < 4.78 is 0. The highest BCUT2D eigenvalue weighted by Gasteiger charge is 2.64. The summed E-state index contributed by atoms with van der Waals surface area (Å²) in [5.41, 5.74) is 0.455. The van der Waals surface area contributed by atoms with Gasteiger partial charge >= 0.3 is 0 Å². The molecule has 0 N–H and O–H groups in total. The molecule has 3 atom stereocenters. The minimum atomic E-state index is 0.373. The molecule has 0 aromatic rings. The Bertz CT molecular complexity index is 207. The molecule has 2 saturated carbocycles. The first-order chi connectivity index (χ1) is 5.08. The summed E-state index contributed by atoms with van der Waals surface area (Å²) >= 11 is 0. The summed E-state index contributed by atoms with van der Waals surface area (Å²) in [5, 5.41) is 0. The zero-order valence-corrected chi connectivity index (χ0v) is 7.55.